The van der Waals surface area contributed by atoms with Crippen LogP contribution in [0.1, 0.15) is 18.1 Å². The lowest BCUT2D eigenvalue weighted by Crippen LogP contribution is -2.25. The van der Waals surface area contributed by atoms with Crippen LogP contribution >= 0.6 is 0 Å². The largest absolute Gasteiger partial charge is 0.395 e. The van der Waals surface area contributed by atoms with Gasteiger partial charge < -0.3 is 10.5 Å². The molecule has 0 aromatic heterocycles. The van der Waals surface area contributed by atoms with E-state index in [1.165, 1.54) is 11.1 Å². The normalized spacial score (nSPS) is 10.6. The van der Waals surface area contributed by atoms with Gasteiger partial charge in [-0.15, -0.1) is 0 Å². The molecule has 0 amide bonds. The molecule has 7 nitrogen and oxygen atoms in total. The van der Waals surface area contributed by atoms with Crippen molar-refractivity contribution in [2.75, 3.05) is 18.6 Å². The molecule has 0 aliphatic heterocycles. The molecule has 0 aliphatic carbocycles. The van der Waals surface area contributed by atoms with Crippen molar-refractivity contribution in [1.82, 2.24) is 5.43 Å². The summed E-state index contributed by atoms with van der Waals surface area (Å²) in [5, 5.41) is 8.59. The van der Waals surface area contributed by atoms with E-state index < -0.39 is 10.4 Å². The van der Waals surface area contributed by atoms with Gasteiger partial charge in [0.2, 0.25) is 0 Å². The van der Waals surface area contributed by atoms with Crippen LogP contribution in [0.25, 0.3) is 0 Å². The highest BCUT2D eigenvalue weighted by atomic mass is 32.3. The highest BCUT2D eigenvalue weighted by Crippen LogP contribution is 2.15. The number of hydrogen-bond donors (Lipinski definition) is 5. The molecule has 0 heterocycles. The minimum absolute atomic E-state index is 0.138. The molecule has 5 N–H and O–H groups in total. The number of benzene rings is 1. The van der Waals surface area contributed by atoms with Crippen molar-refractivity contribution in [1.29, 1.82) is 0 Å². The lowest BCUT2D eigenvalue weighted by atomic mass is 10.1. The first-order valence-electron chi connectivity index (χ1n) is 5.67. The van der Waals surface area contributed by atoms with E-state index in [9.17, 15) is 0 Å². The number of anilines is 1. The zero-order chi connectivity index (χ0) is 14.9. The first kappa shape index (κ1) is 17.8. The van der Waals surface area contributed by atoms with E-state index in [-0.39, 0.29) is 6.61 Å². The predicted octanol–water partition coefficient (Wildman–Crippen LogP) is 0.813. The van der Waals surface area contributed by atoms with Crippen molar-refractivity contribution < 1.29 is 22.6 Å². The van der Waals surface area contributed by atoms with Crippen molar-refractivity contribution in [3.8, 4) is 0 Å². The van der Waals surface area contributed by atoms with Crippen molar-refractivity contribution in [2.24, 2.45) is 0 Å². The van der Waals surface area contributed by atoms with Crippen LogP contribution in [0.2, 0.25) is 0 Å². The van der Waals surface area contributed by atoms with E-state index in [0.29, 0.717) is 6.54 Å². The molecule has 0 fully saturated rings. The molecule has 1 aromatic rings. The van der Waals surface area contributed by atoms with Crippen LogP contribution in [0.15, 0.2) is 18.2 Å². The molecule has 110 valence electrons. The Morgan fingerprint density at radius 3 is 2.26 bits per heavy atom. The average molecular weight is 292 g/mol. The van der Waals surface area contributed by atoms with E-state index in [2.05, 4.69) is 42.9 Å². The molecule has 19 heavy (non-hydrogen) atoms. The Balaban J connectivity index is 0.000000555. The topological polar surface area (TPSA) is 119 Å². The predicted molar refractivity (Wildman–Crippen MR) is 73.4 cm³/mol. The van der Waals surface area contributed by atoms with E-state index in [0.717, 1.165) is 12.1 Å². The molecule has 0 unspecified atom stereocenters. The summed E-state index contributed by atoms with van der Waals surface area (Å²) in [6, 6.07) is 6.33. The Labute approximate surface area is 113 Å². The maximum Gasteiger partial charge on any atom is 0.394 e. The monoisotopic (exact) mass is 292 g/mol. The first-order valence-corrected chi connectivity index (χ1v) is 7.06. The summed E-state index contributed by atoms with van der Waals surface area (Å²) in [7, 11) is -4.67. The maximum absolute atomic E-state index is 8.74. The van der Waals surface area contributed by atoms with Gasteiger partial charge in [0.25, 0.3) is 0 Å². The molecule has 0 radical (unpaired) electrons. The molecule has 0 saturated carbocycles. The standard InChI is InChI=1S/C11H18N2O.H2O4S/c1-3-10-4-5-11(9(2)8-10)13-12-6-7-14;1-5(2,3)4/h4-5,8,12-14H,3,6-7H2,1-2H3;(H2,1,2,3,4). The first-order chi connectivity index (χ1) is 8.77. The lowest BCUT2D eigenvalue weighted by molar-refractivity contribution is 0.296. The molecule has 0 spiro atoms. The van der Waals surface area contributed by atoms with Gasteiger partial charge in [-0.2, -0.15) is 8.42 Å². The van der Waals surface area contributed by atoms with Crippen molar-refractivity contribution >= 4 is 16.1 Å². The minimum Gasteiger partial charge on any atom is -0.395 e. The van der Waals surface area contributed by atoms with E-state index in [1.54, 1.807) is 0 Å². The molecule has 1 aromatic carbocycles. The van der Waals surface area contributed by atoms with E-state index >= 15 is 0 Å². The maximum atomic E-state index is 8.74. The number of rotatable bonds is 5. The quantitative estimate of drug-likeness (QED) is 0.309. The summed E-state index contributed by atoms with van der Waals surface area (Å²) in [4.78, 5) is 0. The van der Waals surface area contributed by atoms with Gasteiger partial charge in [0.05, 0.1) is 12.3 Å². The van der Waals surface area contributed by atoms with Gasteiger partial charge in [-0.1, -0.05) is 19.1 Å². The second-order valence-corrected chi connectivity index (χ2v) is 4.62. The van der Waals surface area contributed by atoms with Gasteiger partial charge in [-0.05, 0) is 30.5 Å². The Bertz CT molecular complexity index is 468. The Hall–Kier alpha value is -1.19. The molecule has 0 bridgehead atoms. The summed E-state index contributed by atoms with van der Waals surface area (Å²) in [5.74, 6) is 0. The molecule has 0 atom stereocenters. The van der Waals surface area contributed by atoms with Crippen LogP contribution in [0.5, 0.6) is 0 Å². The van der Waals surface area contributed by atoms with Crippen LogP contribution in [0.4, 0.5) is 5.69 Å². The average Bonchev–Trinajstić information content (AvgIpc) is 2.29. The second kappa shape index (κ2) is 8.83. The third kappa shape index (κ3) is 10.4. The molecular weight excluding hydrogens is 272 g/mol. The molecular formula is C11H20N2O5S. The highest BCUT2D eigenvalue weighted by molar-refractivity contribution is 7.79. The highest BCUT2D eigenvalue weighted by Gasteiger charge is 1.97. The summed E-state index contributed by atoms with van der Waals surface area (Å²) < 4.78 is 31.6. The smallest absolute Gasteiger partial charge is 0.394 e. The van der Waals surface area contributed by atoms with Gasteiger partial charge in [0, 0.05) is 6.54 Å². The van der Waals surface area contributed by atoms with Gasteiger partial charge >= 0.3 is 10.4 Å². The van der Waals surface area contributed by atoms with E-state index in [1.807, 2.05) is 0 Å². The fraction of sp³-hybridized carbons (Fsp3) is 0.455. The molecule has 0 saturated heterocycles. The summed E-state index contributed by atoms with van der Waals surface area (Å²) in [6.45, 7) is 4.90. The van der Waals surface area contributed by atoms with Crippen LogP contribution in [0, 0.1) is 6.92 Å². The zero-order valence-corrected chi connectivity index (χ0v) is 11.7. The Morgan fingerprint density at radius 2 is 1.84 bits per heavy atom. The summed E-state index contributed by atoms with van der Waals surface area (Å²) >= 11 is 0. The number of hydrogen-bond acceptors (Lipinski definition) is 5. The number of aliphatic hydroxyl groups is 1. The molecule has 0 aliphatic rings. The fourth-order valence-electron chi connectivity index (χ4n) is 1.30. The van der Waals surface area contributed by atoms with Crippen LogP contribution in [0.3, 0.4) is 0 Å². The second-order valence-electron chi connectivity index (χ2n) is 3.73. The lowest BCUT2D eigenvalue weighted by Gasteiger charge is -2.10. The summed E-state index contributed by atoms with van der Waals surface area (Å²) in [6.07, 6.45) is 1.06. The number of aliphatic hydroxyl groups excluding tert-OH is 1. The Morgan fingerprint density at radius 1 is 1.26 bits per heavy atom. The van der Waals surface area contributed by atoms with Gasteiger partial charge in [0.1, 0.15) is 0 Å². The number of nitrogens with one attached hydrogen (secondary N) is 2. The zero-order valence-electron chi connectivity index (χ0n) is 10.9. The Kier molecular flexibility index (Phi) is 8.28. The summed E-state index contributed by atoms with van der Waals surface area (Å²) in [5.41, 5.74) is 9.61. The third-order valence-corrected chi connectivity index (χ3v) is 2.16. The van der Waals surface area contributed by atoms with Gasteiger partial charge in [0.15, 0.2) is 0 Å². The SMILES string of the molecule is CCc1ccc(NNCCO)c(C)c1.O=S(=O)(O)O. The van der Waals surface area contributed by atoms with Crippen LogP contribution < -0.4 is 10.9 Å². The van der Waals surface area contributed by atoms with Gasteiger partial charge in [-0.3, -0.25) is 9.11 Å². The molecule has 1 rings (SSSR count). The number of hydrazine groups is 1. The van der Waals surface area contributed by atoms with Crippen LogP contribution in [-0.2, 0) is 16.8 Å². The molecule has 8 heteroatoms. The minimum atomic E-state index is -4.67. The number of aryl methyl sites for hydroxylation is 2. The van der Waals surface area contributed by atoms with Gasteiger partial charge in [-0.25, -0.2) is 5.43 Å². The third-order valence-electron chi connectivity index (χ3n) is 2.16. The fourth-order valence-corrected chi connectivity index (χ4v) is 1.30. The van der Waals surface area contributed by atoms with E-state index in [4.69, 9.17) is 22.6 Å². The van der Waals surface area contributed by atoms with Crippen molar-refractivity contribution in [3.05, 3.63) is 29.3 Å². The van der Waals surface area contributed by atoms with Crippen molar-refractivity contribution in [3.63, 3.8) is 0 Å². The van der Waals surface area contributed by atoms with Crippen LogP contribution in [-0.4, -0.2) is 35.8 Å². The van der Waals surface area contributed by atoms with Crippen molar-refractivity contribution in [2.45, 2.75) is 20.3 Å².